The third kappa shape index (κ3) is 3.50. The molecule has 1 aromatic carbocycles. The molecule has 1 saturated carbocycles. The predicted molar refractivity (Wildman–Crippen MR) is 83.3 cm³/mol. The van der Waals surface area contributed by atoms with Crippen molar-refractivity contribution in [2.75, 3.05) is 6.79 Å². The molecule has 0 saturated heterocycles. The van der Waals surface area contributed by atoms with Crippen molar-refractivity contribution in [1.82, 2.24) is 10.7 Å². The van der Waals surface area contributed by atoms with E-state index < -0.39 is 0 Å². The zero-order valence-electron chi connectivity index (χ0n) is 12.7. The zero-order valence-corrected chi connectivity index (χ0v) is 12.7. The first kappa shape index (κ1) is 14.7. The highest BCUT2D eigenvalue weighted by atomic mass is 16.7. The van der Waals surface area contributed by atoms with E-state index in [1.807, 2.05) is 25.1 Å². The van der Waals surface area contributed by atoms with Gasteiger partial charge in [-0.1, -0.05) is 19.3 Å². The van der Waals surface area contributed by atoms with Crippen molar-refractivity contribution in [3.63, 3.8) is 0 Å². The van der Waals surface area contributed by atoms with Gasteiger partial charge in [-0.15, -0.1) is 0 Å². The monoisotopic (exact) mass is 303 g/mol. The van der Waals surface area contributed by atoms with Crippen LogP contribution in [-0.2, 0) is 0 Å². The first-order chi connectivity index (χ1) is 10.7. The molecule has 2 aliphatic rings. The molecule has 6 heteroatoms. The second-order valence-corrected chi connectivity index (χ2v) is 5.69. The number of amides is 2. The smallest absolute Gasteiger partial charge is 0.335 e. The average molecular weight is 303 g/mol. The average Bonchev–Trinajstić information content (AvgIpc) is 3.01. The molecule has 0 atom stereocenters. The Morgan fingerprint density at radius 1 is 1.18 bits per heavy atom. The van der Waals surface area contributed by atoms with Crippen molar-refractivity contribution in [2.24, 2.45) is 5.10 Å². The van der Waals surface area contributed by atoms with Gasteiger partial charge in [-0.3, -0.25) is 0 Å². The van der Waals surface area contributed by atoms with E-state index in [9.17, 15) is 4.79 Å². The minimum atomic E-state index is -0.244. The number of ether oxygens (including phenoxy) is 2. The number of benzene rings is 1. The van der Waals surface area contributed by atoms with Crippen molar-refractivity contribution < 1.29 is 14.3 Å². The second-order valence-electron chi connectivity index (χ2n) is 5.69. The Balaban J connectivity index is 1.56. The highest BCUT2D eigenvalue weighted by molar-refractivity contribution is 5.99. The van der Waals surface area contributed by atoms with Crippen LogP contribution in [0, 0.1) is 0 Å². The molecule has 22 heavy (non-hydrogen) atoms. The number of nitrogens with one attached hydrogen (secondary N) is 2. The maximum atomic E-state index is 11.9. The molecule has 0 aromatic heterocycles. The first-order valence-electron chi connectivity index (χ1n) is 7.73. The van der Waals surface area contributed by atoms with Gasteiger partial charge >= 0.3 is 6.03 Å². The zero-order chi connectivity index (χ0) is 15.4. The Kier molecular flexibility index (Phi) is 4.46. The van der Waals surface area contributed by atoms with Gasteiger partial charge in [0.2, 0.25) is 6.79 Å². The number of hydrazone groups is 1. The molecular weight excluding hydrogens is 282 g/mol. The molecule has 1 heterocycles. The molecule has 1 aromatic rings. The van der Waals surface area contributed by atoms with Crippen LogP contribution in [-0.4, -0.2) is 24.6 Å². The number of hydrogen-bond donors (Lipinski definition) is 2. The van der Waals surface area contributed by atoms with E-state index in [4.69, 9.17) is 9.47 Å². The third-order valence-corrected chi connectivity index (χ3v) is 4.06. The Morgan fingerprint density at radius 2 is 1.95 bits per heavy atom. The molecule has 0 unspecified atom stereocenters. The summed E-state index contributed by atoms with van der Waals surface area (Å²) in [5.41, 5.74) is 4.17. The fourth-order valence-electron chi connectivity index (χ4n) is 2.79. The first-order valence-corrected chi connectivity index (χ1v) is 7.73. The standard InChI is InChI=1S/C16H21N3O3/c1-11(12-7-8-14-15(9-12)22-10-21-14)18-19-16(20)17-13-5-3-2-4-6-13/h7-9,13H,2-6,10H2,1H3,(H2,17,19,20)/b18-11-. The summed E-state index contributed by atoms with van der Waals surface area (Å²) in [5.74, 6) is 1.44. The summed E-state index contributed by atoms with van der Waals surface area (Å²) in [6.45, 7) is 2.09. The van der Waals surface area contributed by atoms with Crippen LogP contribution in [0.4, 0.5) is 4.79 Å². The van der Waals surface area contributed by atoms with E-state index >= 15 is 0 Å². The molecule has 2 amide bonds. The van der Waals surface area contributed by atoms with Crippen molar-refractivity contribution in [2.45, 2.75) is 45.1 Å². The van der Waals surface area contributed by atoms with Crippen LogP contribution in [0.2, 0.25) is 0 Å². The fourth-order valence-corrected chi connectivity index (χ4v) is 2.79. The minimum Gasteiger partial charge on any atom is -0.454 e. The van der Waals surface area contributed by atoms with Crippen molar-refractivity contribution in [1.29, 1.82) is 0 Å². The molecule has 1 fully saturated rings. The fraction of sp³-hybridized carbons (Fsp3) is 0.500. The van der Waals surface area contributed by atoms with Gasteiger partial charge in [0.15, 0.2) is 11.5 Å². The molecule has 1 aliphatic heterocycles. The maximum Gasteiger partial charge on any atom is 0.335 e. The Bertz CT molecular complexity index is 580. The number of nitrogens with zero attached hydrogens (tertiary/aromatic N) is 1. The Hall–Kier alpha value is -2.24. The van der Waals surface area contributed by atoms with Crippen LogP contribution in [0.5, 0.6) is 11.5 Å². The van der Waals surface area contributed by atoms with E-state index in [1.54, 1.807) is 0 Å². The highest BCUT2D eigenvalue weighted by Crippen LogP contribution is 2.32. The third-order valence-electron chi connectivity index (χ3n) is 4.06. The SMILES string of the molecule is C/C(=N/NC(=O)NC1CCCCC1)c1ccc2c(c1)OCO2. The Morgan fingerprint density at radius 3 is 2.77 bits per heavy atom. The van der Waals surface area contributed by atoms with Crippen LogP contribution in [0.25, 0.3) is 0 Å². The van der Waals surface area contributed by atoms with E-state index in [1.165, 1.54) is 19.3 Å². The topological polar surface area (TPSA) is 72.0 Å². The van der Waals surface area contributed by atoms with Crippen LogP contribution in [0.3, 0.4) is 0 Å². The highest BCUT2D eigenvalue weighted by Gasteiger charge is 2.16. The van der Waals surface area contributed by atoms with Gasteiger partial charge in [0.25, 0.3) is 0 Å². The number of fused-ring (bicyclic) bond motifs is 1. The molecule has 0 radical (unpaired) electrons. The number of carbonyl (C=O) groups is 1. The summed E-state index contributed by atoms with van der Waals surface area (Å²) in [4.78, 5) is 11.9. The largest absolute Gasteiger partial charge is 0.454 e. The summed E-state index contributed by atoms with van der Waals surface area (Å²) >= 11 is 0. The van der Waals surface area contributed by atoms with Crippen LogP contribution in [0.1, 0.15) is 44.6 Å². The van der Waals surface area contributed by atoms with E-state index in [-0.39, 0.29) is 18.9 Å². The van der Waals surface area contributed by atoms with Gasteiger partial charge in [-0.2, -0.15) is 5.10 Å². The normalized spacial score (nSPS) is 18.1. The lowest BCUT2D eigenvalue weighted by Crippen LogP contribution is -2.41. The summed E-state index contributed by atoms with van der Waals surface area (Å²) in [5, 5.41) is 7.11. The van der Waals surface area contributed by atoms with Gasteiger partial charge in [0.1, 0.15) is 0 Å². The van der Waals surface area contributed by atoms with E-state index in [0.29, 0.717) is 5.75 Å². The van der Waals surface area contributed by atoms with Crippen LogP contribution >= 0.6 is 0 Å². The summed E-state index contributed by atoms with van der Waals surface area (Å²) < 4.78 is 10.6. The lowest BCUT2D eigenvalue weighted by molar-refractivity contribution is 0.174. The number of hydrogen-bond acceptors (Lipinski definition) is 4. The summed E-state index contributed by atoms with van der Waals surface area (Å²) in [7, 11) is 0. The van der Waals surface area contributed by atoms with E-state index in [2.05, 4.69) is 15.8 Å². The molecule has 6 nitrogen and oxygen atoms in total. The molecule has 1 aliphatic carbocycles. The lowest BCUT2D eigenvalue weighted by atomic mass is 9.96. The molecular formula is C16H21N3O3. The lowest BCUT2D eigenvalue weighted by Gasteiger charge is -2.22. The summed E-state index contributed by atoms with van der Waals surface area (Å²) in [6.07, 6.45) is 5.74. The quantitative estimate of drug-likeness (QED) is 0.666. The van der Waals surface area contributed by atoms with Crippen LogP contribution in [0.15, 0.2) is 23.3 Å². The minimum absolute atomic E-state index is 0.244. The molecule has 0 bridgehead atoms. The van der Waals surface area contributed by atoms with Crippen LogP contribution < -0.4 is 20.2 Å². The molecule has 0 spiro atoms. The van der Waals surface area contributed by atoms with Gasteiger partial charge in [0.05, 0.1) is 5.71 Å². The number of rotatable bonds is 3. The van der Waals surface area contributed by atoms with Gasteiger partial charge in [-0.25, -0.2) is 10.2 Å². The maximum absolute atomic E-state index is 11.9. The van der Waals surface area contributed by atoms with Gasteiger partial charge in [-0.05, 0) is 38.0 Å². The number of carbonyl (C=O) groups excluding carboxylic acids is 1. The molecule has 3 rings (SSSR count). The summed E-state index contributed by atoms with van der Waals surface area (Å²) in [6, 6.07) is 5.63. The predicted octanol–water partition coefficient (Wildman–Crippen LogP) is 2.77. The van der Waals surface area contributed by atoms with Crippen molar-refractivity contribution in [3.8, 4) is 11.5 Å². The van der Waals surface area contributed by atoms with Gasteiger partial charge in [0, 0.05) is 11.6 Å². The molecule has 2 N–H and O–H groups in total. The van der Waals surface area contributed by atoms with E-state index in [0.717, 1.165) is 29.9 Å². The molecule has 118 valence electrons. The Labute approximate surface area is 129 Å². The number of urea groups is 1. The second kappa shape index (κ2) is 6.68. The van der Waals surface area contributed by atoms with Gasteiger partial charge < -0.3 is 14.8 Å². The van der Waals surface area contributed by atoms with Crippen molar-refractivity contribution in [3.05, 3.63) is 23.8 Å². The van der Waals surface area contributed by atoms with Crippen molar-refractivity contribution >= 4 is 11.7 Å².